The van der Waals surface area contributed by atoms with Crippen LogP contribution in [0.1, 0.15) is 6.92 Å². The lowest BCUT2D eigenvalue weighted by molar-refractivity contribution is 0.340. The fourth-order valence-electron chi connectivity index (χ4n) is 1.06. The Bertz CT molecular complexity index is 368. The van der Waals surface area contributed by atoms with Crippen LogP contribution >= 0.6 is 23.2 Å². The molecule has 0 saturated heterocycles. The van der Waals surface area contributed by atoms with Crippen molar-refractivity contribution < 1.29 is 17.7 Å². The third kappa shape index (κ3) is 2.95. The van der Waals surface area contributed by atoms with E-state index in [2.05, 4.69) is 0 Å². The second kappa shape index (κ2) is 4.53. The van der Waals surface area contributed by atoms with Gasteiger partial charge in [-0.05, 0) is 13.0 Å². The lowest BCUT2D eigenvalue weighted by atomic mass is 9.80. The van der Waals surface area contributed by atoms with Gasteiger partial charge in [-0.2, -0.15) is 0 Å². The Balaban J connectivity index is 3.20. The van der Waals surface area contributed by atoms with Gasteiger partial charge in [0.1, 0.15) is 5.75 Å². The highest BCUT2D eigenvalue weighted by Crippen LogP contribution is 2.29. The van der Waals surface area contributed by atoms with Crippen LogP contribution in [-0.4, -0.2) is 13.6 Å². The van der Waals surface area contributed by atoms with Crippen molar-refractivity contribution in [1.29, 1.82) is 0 Å². The van der Waals surface area contributed by atoms with Gasteiger partial charge in [0.15, 0.2) is 0 Å². The molecule has 0 fully saturated rings. The number of rotatable bonds is 3. The van der Waals surface area contributed by atoms with E-state index in [1.807, 2.05) is 0 Å². The zero-order valence-corrected chi connectivity index (χ0v) is 9.25. The van der Waals surface area contributed by atoms with Gasteiger partial charge in [-0.1, -0.05) is 34.7 Å². The minimum absolute atomic E-state index is 0.0875. The molecule has 0 aliphatic carbocycles. The second-order valence-electron chi connectivity index (χ2n) is 2.81. The minimum Gasteiger partial charge on any atom is -0.492 e. The van der Waals surface area contributed by atoms with Crippen molar-refractivity contribution >= 4 is 35.6 Å². The molecule has 0 spiro atoms. The summed E-state index contributed by atoms with van der Waals surface area (Å²) in [4.78, 5) is 0. The summed E-state index contributed by atoms with van der Waals surface area (Å²) in [5, 5.41) is -0.481. The molecule has 1 aromatic rings. The van der Waals surface area contributed by atoms with Crippen molar-refractivity contribution in [2.45, 2.75) is 6.92 Å². The Morgan fingerprint density at radius 3 is 2.27 bits per heavy atom. The molecular formula is C8H7BCl2F3O-. The SMILES string of the molecule is CCOc1cc(Cl)c([B-](F)(F)F)cc1Cl. The van der Waals surface area contributed by atoms with Gasteiger partial charge in [-0.25, -0.2) is 0 Å². The van der Waals surface area contributed by atoms with Crippen molar-refractivity contribution in [3.8, 4) is 5.75 Å². The number of halogens is 5. The summed E-state index contributed by atoms with van der Waals surface area (Å²) in [6.45, 7) is -3.13. The van der Waals surface area contributed by atoms with Gasteiger partial charge < -0.3 is 17.7 Å². The average molecular weight is 258 g/mol. The van der Waals surface area contributed by atoms with Crippen LogP contribution < -0.4 is 10.2 Å². The fourth-order valence-corrected chi connectivity index (χ4v) is 1.56. The molecule has 1 nitrogen and oxygen atoms in total. The Hall–Kier alpha value is -0.545. The summed E-state index contributed by atoms with van der Waals surface area (Å²) in [5.74, 6) is 0.160. The summed E-state index contributed by atoms with van der Waals surface area (Å²) in [5.41, 5.74) is -0.898. The highest BCUT2D eigenvalue weighted by Gasteiger charge is 2.29. The van der Waals surface area contributed by atoms with E-state index in [1.54, 1.807) is 6.92 Å². The molecule has 0 atom stereocenters. The Kier molecular flexibility index (Phi) is 3.79. The lowest BCUT2D eigenvalue weighted by Crippen LogP contribution is -2.34. The third-order valence-corrected chi connectivity index (χ3v) is 2.33. The van der Waals surface area contributed by atoms with E-state index in [0.717, 1.165) is 12.1 Å². The summed E-state index contributed by atoms with van der Waals surface area (Å²) in [7, 11) is 0. The molecule has 0 aliphatic rings. The van der Waals surface area contributed by atoms with Crippen molar-refractivity contribution in [3.05, 3.63) is 22.2 Å². The van der Waals surface area contributed by atoms with Crippen LogP contribution in [0.4, 0.5) is 12.9 Å². The number of hydrogen-bond donors (Lipinski definition) is 0. The monoisotopic (exact) mass is 257 g/mol. The van der Waals surface area contributed by atoms with Gasteiger partial charge in [0.05, 0.1) is 11.6 Å². The maximum atomic E-state index is 12.4. The maximum Gasteiger partial charge on any atom is 0.511 e. The van der Waals surface area contributed by atoms with Gasteiger partial charge in [0, 0.05) is 5.02 Å². The Morgan fingerprint density at radius 1 is 1.20 bits per heavy atom. The van der Waals surface area contributed by atoms with Gasteiger partial charge in [-0.3, -0.25) is 0 Å². The Morgan fingerprint density at radius 2 is 1.80 bits per heavy atom. The van der Waals surface area contributed by atoms with E-state index in [-0.39, 0.29) is 10.8 Å². The predicted molar refractivity (Wildman–Crippen MR) is 56.3 cm³/mol. The van der Waals surface area contributed by atoms with E-state index in [1.165, 1.54) is 0 Å². The first kappa shape index (κ1) is 12.5. The first-order chi connectivity index (χ1) is 6.86. The third-order valence-electron chi connectivity index (χ3n) is 1.70. The molecule has 0 heterocycles. The number of benzene rings is 1. The second-order valence-corrected chi connectivity index (χ2v) is 3.63. The molecular weight excluding hydrogens is 251 g/mol. The van der Waals surface area contributed by atoms with Crippen LogP contribution in [-0.2, 0) is 0 Å². The normalized spacial score (nSPS) is 11.6. The molecule has 84 valence electrons. The molecule has 7 heteroatoms. The van der Waals surface area contributed by atoms with E-state index in [9.17, 15) is 12.9 Å². The van der Waals surface area contributed by atoms with Gasteiger partial charge >= 0.3 is 6.98 Å². The molecule has 0 aromatic heterocycles. The molecule has 1 rings (SSSR count). The molecule has 0 N–H and O–H groups in total. The zero-order valence-electron chi connectivity index (χ0n) is 7.74. The van der Waals surface area contributed by atoms with Crippen molar-refractivity contribution in [2.24, 2.45) is 0 Å². The molecule has 0 radical (unpaired) electrons. The maximum absolute atomic E-state index is 12.4. The van der Waals surface area contributed by atoms with Crippen LogP contribution in [0.5, 0.6) is 5.75 Å². The van der Waals surface area contributed by atoms with Crippen LogP contribution in [0.3, 0.4) is 0 Å². The molecule has 1 aromatic carbocycles. The van der Waals surface area contributed by atoms with Crippen molar-refractivity contribution in [2.75, 3.05) is 6.61 Å². The number of ether oxygens (including phenoxy) is 1. The smallest absolute Gasteiger partial charge is 0.492 e. The standard InChI is InChI=1S/C8H7BCl2F3O/c1-2-15-8-4-6(10)5(3-7(8)11)9(12,13)14/h3-4H,2H2,1H3/q-1. The molecule has 0 aliphatic heterocycles. The zero-order chi connectivity index (χ0) is 11.6. The molecule has 0 saturated carbocycles. The Labute approximate surface area is 95.2 Å². The van der Waals surface area contributed by atoms with Crippen LogP contribution in [0.15, 0.2) is 12.1 Å². The van der Waals surface area contributed by atoms with Crippen molar-refractivity contribution in [1.82, 2.24) is 0 Å². The van der Waals surface area contributed by atoms with Crippen molar-refractivity contribution in [3.63, 3.8) is 0 Å². The van der Waals surface area contributed by atoms with Crippen LogP contribution in [0.25, 0.3) is 0 Å². The molecule has 0 bridgehead atoms. The molecule has 0 unspecified atom stereocenters. The highest BCUT2D eigenvalue weighted by atomic mass is 35.5. The number of hydrogen-bond acceptors (Lipinski definition) is 1. The van der Waals surface area contributed by atoms with Gasteiger partial charge in [0.25, 0.3) is 0 Å². The van der Waals surface area contributed by atoms with Crippen LogP contribution in [0, 0.1) is 0 Å². The van der Waals surface area contributed by atoms with E-state index in [4.69, 9.17) is 27.9 Å². The van der Waals surface area contributed by atoms with Crippen LogP contribution in [0.2, 0.25) is 10.0 Å². The summed E-state index contributed by atoms with van der Waals surface area (Å²) in [6, 6.07) is 1.87. The highest BCUT2D eigenvalue weighted by molar-refractivity contribution is 6.76. The topological polar surface area (TPSA) is 9.23 Å². The average Bonchev–Trinajstić information content (AvgIpc) is 2.09. The summed E-state index contributed by atoms with van der Waals surface area (Å²) in [6.07, 6.45) is 0. The molecule has 0 amide bonds. The summed E-state index contributed by atoms with van der Waals surface area (Å²) >= 11 is 11.1. The van der Waals surface area contributed by atoms with E-state index in [0.29, 0.717) is 6.61 Å². The first-order valence-electron chi connectivity index (χ1n) is 4.18. The van der Waals surface area contributed by atoms with Gasteiger partial charge in [0.2, 0.25) is 0 Å². The van der Waals surface area contributed by atoms with E-state index >= 15 is 0 Å². The predicted octanol–water partition coefficient (Wildman–Crippen LogP) is 3.45. The summed E-state index contributed by atoms with van der Waals surface area (Å²) < 4.78 is 42.3. The minimum atomic E-state index is -5.15. The molecule has 15 heavy (non-hydrogen) atoms. The first-order valence-corrected chi connectivity index (χ1v) is 4.93. The quantitative estimate of drug-likeness (QED) is 0.754. The lowest BCUT2D eigenvalue weighted by Gasteiger charge is -2.18. The van der Waals surface area contributed by atoms with E-state index < -0.39 is 17.5 Å². The largest absolute Gasteiger partial charge is 0.511 e. The fraction of sp³-hybridized carbons (Fsp3) is 0.250. The van der Waals surface area contributed by atoms with Gasteiger partial charge in [-0.15, -0.1) is 0 Å².